The summed E-state index contributed by atoms with van der Waals surface area (Å²) >= 11 is 1.72. The fourth-order valence-electron chi connectivity index (χ4n) is 1.97. The number of aliphatic carboxylic acids is 1. The van der Waals surface area contributed by atoms with E-state index in [9.17, 15) is 14.7 Å². The van der Waals surface area contributed by atoms with Crippen LogP contribution in [0.4, 0.5) is 10.5 Å². The Labute approximate surface area is 127 Å². The van der Waals surface area contributed by atoms with E-state index in [-0.39, 0.29) is 10.5 Å². The van der Waals surface area contributed by atoms with E-state index in [1.165, 1.54) is 24.3 Å². The van der Waals surface area contributed by atoms with Crippen molar-refractivity contribution < 1.29 is 19.8 Å². The van der Waals surface area contributed by atoms with Crippen LogP contribution in [0.2, 0.25) is 0 Å². The second-order valence-electron chi connectivity index (χ2n) is 5.04. The topological polar surface area (TPSA) is 89.9 Å². The number of urea groups is 1. The molecule has 2 amide bonds. The fraction of sp³-hybridized carbons (Fsp3) is 0.429. The van der Waals surface area contributed by atoms with E-state index in [0.717, 1.165) is 17.7 Å². The summed E-state index contributed by atoms with van der Waals surface area (Å²) in [6, 6.07) is 5.42. The number of aromatic hydroxyl groups is 1. The number of amides is 2. The molecule has 1 aliphatic carbocycles. The van der Waals surface area contributed by atoms with Crippen LogP contribution >= 0.6 is 11.8 Å². The Balaban J connectivity index is 2.06. The highest BCUT2D eigenvalue weighted by atomic mass is 32.2. The molecule has 0 aromatic heterocycles. The molecular formula is C14H18N2O4S. The quantitative estimate of drug-likeness (QED) is 0.746. The van der Waals surface area contributed by atoms with Crippen molar-refractivity contribution in [2.75, 3.05) is 24.2 Å². The van der Waals surface area contributed by atoms with Gasteiger partial charge in [-0.1, -0.05) is 0 Å². The third-order valence-electron chi connectivity index (χ3n) is 3.50. The average molecular weight is 310 g/mol. The number of rotatable bonds is 6. The molecule has 0 radical (unpaired) electrons. The molecule has 0 spiro atoms. The standard InChI is InChI=1S/C14H18N2O4S/c1-21-14(6-7-14)9-15-13(20)16(8-12(18)19)10-2-4-11(17)5-3-10/h2-5,17H,6-9H2,1H3,(H,15,20)(H,18,19). The number of phenols is 1. The Morgan fingerprint density at radius 2 is 1.95 bits per heavy atom. The van der Waals surface area contributed by atoms with Crippen LogP contribution in [0, 0.1) is 0 Å². The van der Waals surface area contributed by atoms with Crippen LogP contribution in [0.3, 0.4) is 0 Å². The Bertz CT molecular complexity index is 528. The van der Waals surface area contributed by atoms with Crippen molar-refractivity contribution in [2.45, 2.75) is 17.6 Å². The van der Waals surface area contributed by atoms with E-state index in [4.69, 9.17) is 5.11 Å². The number of nitrogens with one attached hydrogen (secondary N) is 1. The number of carboxylic acids is 1. The van der Waals surface area contributed by atoms with E-state index in [0.29, 0.717) is 12.2 Å². The monoisotopic (exact) mass is 310 g/mol. The molecule has 21 heavy (non-hydrogen) atoms. The molecule has 0 aliphatic heterocycles. The predicted molar refractivity (Wildman–Crippen MR) is 82.0 cm³/mol. The molecule has 114 valence electrons. The van der Waals surface area contributed by atoms with Gasteiger partial charge in [-0.15, -0.1) is 0 Å². The molecule has 0 atom stereocenters. The number of carbonyl (C=O) groups excluding carboxylic acids is 1. The van der Waals surface area contributed by atoms with E-state index in [1.807, 2.05) is 6.26 Å². The highest BCUT2D eigenvalue weighted by Gasteiger charge is 2.42. The van der Waals surface area contributed by atoms with E-state index < -0.39 is 18.5 Å². The zero-order valence-electron chi connectivity index (χ0n) is 11.7. The fourth-order valence-corrected chi connectivity index (χ4v) is 2.70. The van der Waals surface area contributed by atoms with Gasteiger partial charge in [0, 0.05) is 17.0 Å². The summed E-state index contributed by atoms with van der Waals surface area (Å²) in [4.78, 5) is 24.3. The van der Waals surface area contributed by atoms with Crippen LogP contribution in [0.25, 0.3) is 0 Å². The van der Waals surface area contributed by atoms with Crippen molar-refractivity contribution in [2.24, 2.45) is 0 Å². The van der Waals surface area contributed by atoms with Gasteiger partial charge in [0.1, 0.15) is 12.3 Å². The van der Waals surface area contributed by atoms with Gasteiger partial charge in [-0.2, -0.15) is 11.8 Å². The number of hydrogen-bond acceptors (Lipinski definition) is 4. The van der Waals surface area contributed by atoms with Crippen molar-refractivity contribution in [1.29, 1.82) is 0 Å². The normalized spacial score (nSPS) is 15.3. The third kappa shape index (κ3) is 4.04. The van der Waals surface area contributed by atoms with Gasteiger partial charge in [0.25, 0.3) is 0 Å². The van der Waals surface area contributed by atoms with Gasteiger partial charge >= 0.3 is 12.0 Å². The van der Waals surface area contributed by atoms with Gasteiger partial charge in [0.15, 0.2) is 0 Å². The minimum absolute atomic E-state index is 0.0637. The smallest absolute Gasteiger partial charge is 0.323 e. The first kappa shape index (κ1) is 15.5. The van der Waals surface area contributed by atoms with Crippen molar-refractivity contribution in [3.8, 4) is 5.75 Å². The van der Waals surface area contributed by atoms with Crippen molar-refractivity contribution in [3.63, 3.8) is 0 Å². The molecule has 3 N–H and O–H groups in total. The Hall–Kier alpha value is -1.89. The summed E-state index contributed by atoms with van der Waals surface area (Å²) in [7, 11) is 0. The first-order valence-electron chi connectivity index (χ1n) is 6.57. The molecule has 1 saturated carbocycles. The van der Waals surface area contributed by atoms with Gasteiger partial charge < -0.3 is 15.5 Å². The molecule has 0 unspecified atom stereocenters. The van der Waals surface area contributed by atoms with Gasteiger partial charge in [0.2, 0.25) is 0 Å². The number of carbonyl (C=O) groups is 2. The van der Waals surface area contributed by atoms with Crippen LogP contribution < -0.4 is 10.2 Å². The largest absolute Gasteiger partial charge is 0.508 e. The van der Waals surface area contributed by atoms with Crippen LogP contribution in [-0.2, 0) is 4.79 Å². The Morgan fingerprint density at radius 3 is 2.43 bits per heavy atom. The summed E-state index contributed by atoms with van der Waals surface area (Å²) in [5.74, 6) is -1.03. The molecule has 0 saturated heterocycles. The average Bonchev–Trinajstić information content (AvgIpc) is 3.24. The lowest BCUT2D eigenvalue weighted by Crippen LogP contribution is -2.45. The van der Waals surface area contributed by atoms with Gasteiger partial charge in [-0.05, 0) is 43.4 Å². The molecule has 2 rings (SSSR count). The molecule has 1 aromatic rings. The first-order valence-corrected chi connectivity index (χ1v) is 7.80. The third-order valence-corrected chi connectivity index (χ3v) is 4.92. The molecule has 0 bridgehead atoms. The second-order valence-corrected chi connectivity index (χ2v) is 6.32. The predicted octanol–water partition coefficient (Wildman–Crippen LogP) is 1.89. The number of anilines is 1. The number of hydrogen-bond donors (Lipinski definition) is 3. The molecule has 1 aromatic carbocycles. The van der Waals surface area contributed by atoms with Crippen molar-refractivity contribution in [1.82, 2.24) is 5.32 Å². The first-order chi connectivity index (χ1) is 9.96. The highest BCUT2D eigenvalue weighted by molar-refractivity contribution is 8.00. The van der Waals surface area contributed by atoms with Crippen LogP contribution in [-0.4, -0.2) is 46.3 Å². The molecule has 7 heteroatoms. The lowest BCUT2D eigenvalue weighted by molar-refractivity contribution is -0.135. The lowest BCUT2D eigenvalue weighted by Gasteiger charge is -2.23. The van der Waals surface area contributed by atoms with E-state index in [2.05, 4.69) is 5.32 Å². The number of phenolic OH excluding ortho intramolecular Hbond substituents is 1. The summed E-state index contributed by atoms with van der Waals surface area (Å²) in [5, 5.41) is 21.0. The zero-order chi connectivity index (χ0) is 15.5. The minimum atomic E-state index is -1.09. The highest BCUT2D eigenvalue weighted by Crippen LogP contribution is 2.46. The molecule has 1 aliphatic rings. The SMILES string of the molecule is CSC1(CNC(=O)N(CC(=O)O)c2ccc(O)cc2)CC1. The number of benzene rings is 1. The minimum Gasteiger partial charge on any atom is -0.508 e. The van der Waals surface area contributed by atoms with Crippen molar-refractivity contribution in [3.05, 3.63) is 24.3 Å². The summed E-state index contributed by atoms with van der Waals surface area (Å²) in [6.45, 7) is 0.101. The van der Waals surface area contributed by atoms with Gasteiger partial charge in [0.05, 0.1) is 0 Å². The maximum Gasteiger partial charge on any atom is 0.323 e. The number of carboxylic acid groups (broad SMARTS) is 1. The van der Waals surface area contributed by atoms with Gasteiger partial charge in [-0.25, -0.2) is 4.79 Å². The summed E-state index contributed by atoms with van der Waals surface area (Å²) in [6.07, 6.45) is 4.13. The maximum absolute atomic E-state index is 12.2. The van der Waals surface area contributed by atoms with Crippen LogP contribution in [0.15, 0.2) is 24.3 Å². The zero-order valence-corrected chi connectivity index (χ0v) is 12.5. The van der Waals surface area contributed by atoms with E-state index >= 15 is 0 Å². The number of thioether (sulfide) groups is 1. The number of nitrogens with zero attached hydrogens (tertiary/aromatic N) is 1. The lowest BCUT2D eigenvalue weighted by atomic mass is 10.2. The van der Waals surface area contributed by atoms with Crippen molar-refractivity contribution >= 4 is 29.4 Å². The molecule has 0 heterocycles. The summed E-state index contributed by atoms with van der Waals surface area (Å²) < 4.78 is 0.111. The Kier molecular flexibility index (Phi) is 4.62. The Morgan fingerprint density at radius 1 is 1.33 bits per heavy atom. The van der Waals surface area contributed by atoms with Gasteiger partial charge in [-0.3, -0.25) is 9.69 Å². The molecular weight excluding hydrogens is 292 g/mol. The maximum atomic E-state index is 12.2. The van der Waals surface area contributed by atoms with E-state index in [1.54, 1.807) is 11.8 Å². The van der Waals surface area contributed by atoms with Crippen LogP contribution in [0.5, 0.6) is 5.75 Å². The molecule has 1 fully saturated rings. The second kappa shape index (κ2) is 6.26. The summed E-state index contributed by atoms with van der Waals surface area (Å²) in [5.41, 5.74) is 0.432. The van der Waals surface area contributed by atoms with Crippen LogP contribution in [0.1, 0.15) is 12.8 Å². The molecule has 6 nitrogen and oxygen atoms in total.